The van der Waals surface area contributed by atoms with Gasteiger partial charge in [-0.25, -0.2) is 0 Å². The second-order valence-corrected chi connectivity index (χ2v) is 6.04. The molecule has 0 bridgehead atoms. The van der Waals surface area contributed by atoms with Crippen molar-refractivity contribution in [3.05, 3.63) is 72.6 Å². The standard InChI is InChI=1S/C22H23N3O3/c1-4-25(18-8-6-5-7-9-18)22(26)16-12-17(15-23-14-16)24-20-11-10-19(27-2)13-21(20)28-3/h5-15,24H,4H2,1-3H3. The summed E-state index contributed by atoms with van der Waals surface area (Å²) < 4.78 is 10.6. The summed E-state index contributed by atoms with van der Waals surface area (Å²) in [6.07, 6.45) is 3.24. The highest BCUT2D eigenvalue weighted by molar-refractivity contribution is 6.06. The van der Waals surface area contributed by atoms with Crippen molar-refractivity contribution in [2.75, 3.05) is 31.0 Å². The number of ether oxygens (including phenoxy) is 2. The van der Waals surface area contributed by atoms with Gasteiger partial charge < -0.3 is 19.7 Å². The van der Waals surface area contributed by atoms with Crippen LogP contribution in [0, 0.1) is 0 Å². The maximum absolute atomic E-state index is 13.0. The van der Waals surface area contributed by atoms with Gasteiger partial charge in [-0.05, 0) is 37.3 Å². The fourth-order valence-corrected chi connectivity index (χ4v) is 2.89. The lowest BCUT2D eigenvalue weighted by Gasteiger charge is -2.21. The maximum Gasteiger partial charge on any atom is 0.259 e. The molecule has 0 fully saturated rings. The van der Waals surface area contributed by atoms with Gasteiger partial charge in [-0.1, -0.05) is 18.2 Å². The van der Waals surface area contributed by atoms with Crippen LogP contribution in [0.4, 0.5) is 17.1 Å². The number of carbonyl (C=O) groups is 1. The van der Waals surface area contributed by atoms with Crippen LogP contribution in [0.1, 0.15) is 17.3 Å². The molecule has 1 N–H and O–H groups in total. The second-order valence-electron chi connectivity index (χ2n) is 6.04. The average molecular weight is 377 g/mol. The Balaban J connectivity index is 1.85. The normalized spacial score (nSPS) is 10.2. The van der Waals surface area contributed by atoms with E-state index in [-0.39, 0.29) is 5.91 Å². The molecule has 0 atom stereocenters. The number of nitrogens with zero attached hydrogens (tertiary/aromatic N) is 2. The highest BCUT2D eigenvalue weighted by Gasteiger charge is 2.17. The topological polar surface area (TPSA) is 63.7 Å². The number of amides is 1. The van der Waals surface area contributed by atoms with Gasteiger partial charge in [0.1, 0.15) is 11.5 Å². The van der Waals surface area contributed by atoms with Crippen molar-refractivity contribution in [3.63, 3.8) is 0 Å². The molecule has 2 aromatic carbocycles. The molecule has 1 heterocycles. The molecule has 0 aliphatic carbocycles. The molecule has 0 saturated heterocycles. The number of hydrogen-bond donors (Lipinski definition) is 1. The Morgan fingerprint density at radius 1 is 1.04 bits per heavy atom. The lowest BCUT2D eigenvalue weighted by atomic mass is 10.2. The summed E-state index contributed by atoms with van der Waals surface area (Å²) in [6.45, 7) is 2.51. The molecule has 144 valence electrons. The Morgan fingerprint density at radius 3 is 2.50 bits per heavy atom. The second kappa shape index (κ2) is 8.90. The van der Waals surface area contributed by atoms with Crippen molar-refractivity contribution in [3.8, 4) is 11.5 Å². The van der Waals surface area contributed by atoms with E-state index in [0.717, 1.165) is 11.4 Å². The summed E-state index contributed by atoms with van der Waals surface area (Å²) in [4.78, 5) is 18.9. The van der Waals surface area contributed by atoms with Gasteiger partial charge >= 0.3 is 0 Å². The van der Waals surface area contributed by atoms with Gasteiger partial charge in [-0.3, -0.25) is 9.78 Å². The van der Waals surface area contributed by atoms with Gasteiger partial charge in [0.25, 0.3) is 5.91 Å². The van der Waals surface area contributed by atoms with Gasteiger partial charge in [0.15, 0.2) is 0 Å². The first-order valence-corrected chi connectivity index (χ1v) is 8.97. The summed E-state index contributed by atoms with van der Waals surface area (Å²) >= 11 is 0. The number of aromatic nitrogens is 1. The molecule has 0 saturated carbocycles. The Hall–Kier alpha value is -3.54. The number of hydrogen-bond acceptors (Lipinski definition) is 5. The SMILES string of the molecule is CCN(C(=O)c1cncc(Nc2ccc(OC)cc2OC)c1)c1ccccc1. The molecular formula is C22H23N3O3. The highest BCUT2D eigenvalue weighted by Crippen LogP contribution is 2.31. The van der Waals surface area contributed by atoms with Crippen LogP contribution in [0.2, 0.25) is 0 Å². The van der Waals surface area contributed by atoms with Crippen LogP contribution in [-0.4, -0.2) is 31.7 Å². The first-order chi connectivity index (χ1) is 13.7. The number of pyridine rings is 1. The lowest BCUT2D eigenvalue weighted by Crippen LogP contribution is -2.30. The van der Waals surface area contributed by atoms with Crippen LogP contribution in [0.3, 0.4) is 0 Å². The number of rotatable bonds is 7. The minimum absolute atomic E-state index is 0.105. The van der Waals surface area contributed by atoms with Crippen LogP contribution in [0.5, 0.6) is 11.5 Å². The minimum atomic E-state index is -0.105. The molecule has 0 spiro atoms. The first kappa shape index (κ1) is 19.2. The van der Waals surface area contributed by atoms with E-state index in [1.54, 1.807) is 43.6 Å². The van der Waals surface area contributed by atoms with Crippen molar-refractivity contribution < 1.29 is 14.3 Å². The molecule has 0 radical (unpaired) electrons. The van der Waals surface area contributed by atoms with Gasteiger partial charge in [0, 0.05) is 24.5 Å². The first-order valence-electron chi connectivity index (χ1n) is 8.97. The third kappa shape index (κ3) is 4.23. The Bertz CT molecular complexity index is 945. The third-order valence-electron chi connectivity index (χ3n) is 4.30. The van der Waals surface area contributed by atoms with Crippen LogP contribution >= 0.6 is 0 Å². The molecule has 3 aromatic rings. The van der Waals surface area contributed by atoms with Crippen molar-refractivity contribution in [1.82, 2.24) is 4.98 Å². The Kier molecular flexibility index (Phi) is 6.11. The van der Waals surface area contributed by atoms with Crippen molar-refractivity contribution in [1.29, 1.82) is 0 Å². The number of nitrogens with one attached hydrogen (secondary N) is 1. The number of anilines is 3. The predicted octanol–water partition coefficient (Wildman–Crippen LogP) is 4.51. The Labute approximate surface area is 164 Å². The zero-order valence-electron chi connectivity index (χ0n) is 16.2. The summed E-state index contributed by atoms with van der Waals surface area (Å²) in [6, 6.07) is 16.9. The number of carbonyl (C=O) groups excluding carboxylic acids is 1. The molecule has 0 unspecified atom stereocenters. The highest BCUT2D eigenvalue weighted by atomic mass is 16.5. The molecule has 0 aliphatic rings. The fraction of sp³-hybridized carbons (Fsp3) is 0.182. The third-order valence-corrected chi connectivity index (χ3v) is 4.30. The molecular weight excluding hydrogens is 354 g/mol. The van der Waals surface area contributed by atoms with Gasteiger partial charge in [0.2, 0.25) is 0 Å². The van der Waals surface area contributed by atoms with E-state index in [2.05, 4.69) is 10.3 Å². The average Bonchev–Trinajstić information content (AvgIpc) is 2.75. The fourth-order valence-electron chi connectivity index (χ4n) is 2.89. The van der Waals surface area contributed by atoms with Crippen molar-refractivity contribution >= 4 is 23.0 Å². The van der Waals surface area contributed by atoms with E-state index in [1.165, 1.54) is 0 Å². The lowest BCUT2D eigenvalue weighted by molar-refractivity contribution is 0.0988. The van der Waals surface area contributed by atoms with Crippen molar-refractivity contribution in [2.24, 2.45) is 0 Å². The summed E-state index contributed by atoms with van der Waals surface area (Å²) in [5, 5.41) is 3.25. The molecule has 3 rings (SSSR count). The van der Waals surface area contributed by atoms with Gasteiger partial charge in [-0.15, -0.1) is 0 Å². The van der Waals surface area contributed by atoms with E-state index >= 15 is 0 Å². The number of para-hydroxylation sites is 1. The summed E-state index contributed by atoms with van der Waals surface area (Å²) in [5.74, 6) is 1.23. The quantitative estimate of drug-likeness (QED) is 0.656. The number of methoxy groups -OCH3 is 2. The Morgan fingerprint density at radius 2 is 1.82 bits per heavy atom. The van der Waals surface area contributed by atoms with E-state index in [9.17, 15) is 4.79 Å². The van der Waals surface area contributed by atoms with Crippen LogP contribution in [0.25, 0.3) is 0 Å². The molecule has 0 aliphatic heterocycles. The van der Waals surface area contributed by atoms with Crippen LogP contribution in [0.15, 0.2) is 67.0 Å². The molecule has 1 amide bonds. The predicted molar refractivity (Wildman–Crippen MR) is 111 cm³/mol. The maximum atomic E-state index is 13.0. The van der Waals surface area contributed by atoms with E-state index < -0.39 is 0 Å². The minimum Gasteiger partial charge on any atom is -0.497 e. The molecule has 6 heteroatoms. The summed E-state index contributed by atoms with van der Waals surface area (Å²) in [7, 11) is 3.20. The van der Waals surface area contributed by atoms with Gasteiger partial charge in [-0.2, -0.15) is 0 Å². The molecule has 28 heavy (non-hydrogen) atoms. The summed E-state index contributed by atoms with van der Waals surface area (Å²) in [5.41, 5.74) is 2.80. The van der Waals surface area contributed by atoms with Gasteiger partial charge in [0.05, 0.1) is 37.4 Å². The zero-order valence-corrected chi connectivity index (χ0v) is 16.2. The monoisotopic (exact) mass is 377 g/mol. The largest absolute Gasteiger partial charge is 0.497 e. The van der Waals surface area contributed by atoms with E-state index in [4.69, 9.17) is 9.47 Å². The van der Waals surface area contributed by atoms with Crippen LogP contribution < -0.4 is 19.7 Å². The zero-order chi connectivity index (χ0) is 19.9. The van der Waals surface area contributed by atoms with E-state index in [1.807, 2.05) is 49.4 Å². The smallest absolute Gasteiger partial charge is 0.259 e. The molecule has 6 nitrogen and oxygen atoms in total. The molecule has 1 aromatic heterocycles. The van der Waals surface area contributed by atoms with E-state index in [0.29, 0.717) is 29.3 Å². The van der Waals surface area contributed by atoms with Crippen LogP contribution in [-0.2, 0) is 0 Å². The van der Waals surface area contributed by atoms with Crippen molar-refractivity contribution in [2.45, 2.75) is 6.92 Å². The number of benzene rings is 2.